The second-order valence-corrected chi connectivity index (χ2v) is 4.58. The highest BCUT2D eigenvalue weighted by Crippen LogP contribution is 2.19. The summed E-state index contributed by atoms with van der Waals surface area (Å²) < 4.78 is 0. The van der Waals surface area contributed by atoms with Gasteiger partial charge in [0.05, 0.1) is 0 Å². The molecule has 0 spiro atoms. The molecule has 84 valence electrons. The van der Waals surface area contributed by atoms with Crippen molar-refractivity contribution in [1.29, 1.82) is 0 Å². The molecule has 2 rings (SSSR count). The second kappa shape index (κ2) is 5.31. The molecule has 1 atom stereocenters. The van der Waals surface area contributed by atoms with Gasteiger partial charge in [-0.2, -0.15) is 0 Å². The smallest absolute Gasteiger partial charge is 0.0180 e. The molecule has 14 heavy (non-hydrogen) atoms. The third kappa shape index (κ3) is 2.83. The Morgan fingerprint density at radius 1 is 1.07 bits per heavy atom. The third-order valence-corrected chi connectivity index (χ3v) is 3.46. The monoisotopic (exact) mass is 219 g/mol. The zero-order valence-corrected chi connectivity index (χ0v) is 9.80. The highest BCUT2D eigenvalue weighted by molar-refractivity contribution is 5.85. The van der Waals surface area contributed by atoms with Gasteiger partial charge >= 0.3 is 0 Å². The molecule has 2 aliphatic rings. The summed E-state index contributed by atoms with van der Waals surface area (Å²) in [4.78, 5) is 5.02. The molecule has 2 fully saturated rings. The molecule has 0 radical (unpaired) electrons. The van der Waals surface area contributed by atoms with E-state index in [9.17, 15) is 0 Å². The van der Waals surface area contributed by atoms with Gasteiger partial charge in [-0.15, -0.1) is 12.4 Å². The summed E-state index contributed by atoms with van der Waals surface area (Å²) in [5.41, 5.74) is 5.91. The number of piperidine rings is 1. The first-order valence-corrected chi connectivity index (χ1v) is 5.44. The Bertz CT molecular complexity index is 169. The van der Waals surface area contributed by atoms with Gasteiger partial charge in [-0.3, -0.25) is 4.90 Å². The van der Waals surface area contributed by atoms with E-state index in [0.29, 0.717) is 6.04 Å². The number of nitrogens with two attached hydrogens (primary N) is 1. The first-order chi connectivity index (χ1) is 6.25. The van der Waals surface area contributed by atoms with Crippen molar-refractivity contribution in [2.24, 2.45) is 5.73 Å². The Hall–Kier alpha value is 0.170. The summed E-state index contributed by atoms with van der Waals surface area (Å²) in [6.45, 7) is 4.89. The number of rotatable bonds is 1. The van der Waals surface area contributed by atoms with Crippen molar-refractivity contribution in [3.63, 3.8) is 0 Å². The maximum absolute atomic E-state index is 5.91. The molecule has 3 nitrogen and oxygen atoms in total. The molecule has 0 aliphatic carbocycles. The minimum atomic E-state index is 0. The first-order valence-electron chi connectivity index (χ1n) is 5.44. The van der Waals surface area contributed by atoms with E-state index in [-0.39, 0.29) is 12.4 Å². The molecule has 0 bridgehead atoms. The molecule has 0 aromatic carbocycles. The van der Waals surface area contributed by atoms with Gasteiger partial charge in [-0.1, -0.05) is 0 Å². The molecule has 0 aromatic heterocycles. The minimum absolute atomic E-state index is 0. The zero-order chi connectivity index (χ0) is 9.26. The molecule has 2 saturated heterocycles. The van der Waals surface area contributed by atoms with Crippen LogP contribution in [0.5, 0.6) is 0 Å². The molecular weight excluding hydrogens is 198 g/mol. The van der Waals surface area contributed by atoms with E-state index in [0.717, 1.165) is 12.6 Å². The molecule has 0 unspecified atom stereocenters. The fraction of sp³-hybridized carbons (Fsp3) is 1.00. The van der Waals surface area contributed by atoms with Crippen LogP contribution in [0.4, 0.5) is 0 Å². The molecular formula is C10H22ClN3. The maximum Gasteiger partial charge on any atom is 0.0180 e. The zero-order valence-electron chi connectivity index (χ0n) is 8.98. The lowest BCUT2D eigenvalue weighted by Crippen LogP contribution is -2.43. The molecule has 0 saturated carbocycles. The van der Waals surface area contributed by atoms with Crippen molar-refractivity contribution >= 4 is 12.4 Å². The lowest BCUT2D eigenvalue weighted by atomic mass is 10.0. The Labute approximate surface area is 93.0 Å². The van der Waals surface area contributed by atoms with Crippen LogP contribution in [0.3, 0.4) is 0 Å². The molecule has 0 aromatic rings. The van der Waals surface area contributed by atoms with E-state index >= 15 is 0 Å². The normalized spacial score (nSPS) is 31.7. The van der Waals surface area contributed by atoms with Gasteiger partial charge in [0.1, 0.15) is 0 Å². The Kier molecular flexibility index (Phi) is 4.64. The Balaban J connectivity index is 0.000000980. The standard InChI is InChI=1S/C10H21N3.ClH/c1-12-5-3-10(4-6-12)13-7-2-9(11)8-13;/h9-10H,2-8,11H2,1H3;1H/t9-;/m1./s1. The summed E-state index contributed by atoms with van der Waals surface area (Å²) in [6.07, 6.45) is 3.87. The maximum atomic E-state index is 5.91. The topological polar surface area (TPSA) is 32.5 Å². The Morgan fingerprint density at radius 2 is 1.71 bits per heavy atom. The van der Waals surface area contributed by atoms with Gasteiger partial charge in [0.2, 0.25) is 0 Å². The number of nitrogens with zero attached hydrogens (tertiary/aromatic N) is 2. The number of hydrogen-bond acceptors (Lipinski definition) is 3. The van der Waals surface area contributed by atoms with E-state index in [2.05, 4.69) is 16.8 Å². The Morgan fingerprint density at radius 3 is 2.21 bits per heavy atom. The summed E-state index contributed by atoms with van der Waals surface area (Å²) >= 11 is 0. The van der Waals surface area contributed by atoms with Gasteiger partial charge in [-0.25, -0.2) is 0 Å². The van der Waals surface area contributed by atoms with Crippen molar-refractivity contribution in [1.82, 2.24) is 9.80 Å². The lowest BCUT2D eigenvalue weighted by molar-refractivity contribution is 0.142. The molecule has 0 amide bonds. The van der Waals surface area contributed by atoms with Crippen LogP contribution in [0, 0.1) is 0 Å². The molecule has 2 heterocycles. The first kappa shape index (κ1) is 12.2. The van der Waals surface area contributed by atoms with Crippen molar-refractivity contribution in [3.05, 3.63) is 0 Å². The van der Waals surface area contributed by atoms with Gasteiger partial charge in [0.15, 0.2) is 0 Å². The lowest BCUT2D eigenvalue weighted by Gasteiger charge is -2.34. The van der Waals surface area contributed by atoms with Crippen molar-refractivity contribution < 1.29 is 0 Å². The summed E-state index contributed by atoms with van der Waals surface area (Å²) in [6, 6.07) is 1.27. The average Bonchev–Trinajstić information content (AvgIpc) is 2.53. The summed E-state index contributed by atoms with van der Waals surface area (Å²) in [5.74, 6) is 0. The fourth-order valence-electron chi connectivity index (χ4n) is 2.51. The highest BCUT2D eigenvalue weighted by Gasteiger charge is 2.28. The van der Waals surface area contributed by atoms with Crippen molar-refractivity contribution in [2.45, 2.75) is 31.3 Å². The summed E-state index contributed by atoms with van der Waals surface area (Å²) in [5, 5.41) is 0. The van der Waals surface area contributed by atoms with Crippen LogP contribution >= 0.6 is 12.4 Å². The van der Waals surface area contributed by atoms with Gasteiger partial charge in [0.25, 0.3) is 0 Å². The minimum Gasteiger partial charge on any atom is -0.326 e. The van der Waals surface area contributed by atoms with Crippen molar-refractivity contribution in [3.8, 4) is 0 Å². The van der Waals surface area contributed by atoms with Crippen LogP contribution in [0.2, 0.25) is 0 Å². The van der Waals surface area contributed by atoms with E-state index in [4.69, 9.17) is 5.73 Å². The quantitative estimate of drug-likeness (QED) is 0.699. The van der Waals surface area contributed by atoms with Crippen LogP contribution in [0.15, 0.2) is 0 Å². The fourth-order valence-corrected chi connectivity index (χ4v) is 2.51. The van der Waals surface area contributed by atoms with E-state index in [1.54, 1.807) is 0 Å². The van der Waals surface area contributed by atoms with Crippen molar-refractivity contribution in [2.75, 3.05) is 33.2 Å². The SMILES string of the molecule is CN1CCC(N2CC[C@@H](N)C2)CC1.Cl. The molecule has 4 heteroatoms. The van der Waals surface area contributed by atoms with Crippen LogP contribution in [0.25, 0.3) is 0 Å². The van der Waals surface area contributed by atoms with Crippen LogP contribution in [-0.2, 0) is 0 Å². The second-order valence-electron chi connectivity index (χ2n) is 4.58. The predicted molar refractivity (Wildman–Crippen MR) is 61.9 cm³/mol. The number of halogens is 1. The van der Waals surface area contributed by atoms with Crippen LogP contribution in [0.1, 0.15) is 19.3 Å². The van der Waals surface area contributed by atoms with Crippen LogP contribution < -0.4 is 5.73 Å². The molecule has 2 aliphatic heterocycles. The summed E-state index contributed by atoms with van der Waals surface area (Å²) in [7, 11) is 2.21. The largest absolute Gasteiger partial charge is 0.326 e. The van der Waals surface area contributed by atoms with E-state index in [1.807, 2.05) is 0 Å². The predicted octanol–water partition coefficient (Wildman–Crippen LogP) is 0.535. The van der Waals surface area contributed by atoms with Gasteiger partial charge in [-0.05, 0) is 39.4 Å². The average molecular weight is 220 g/mol. The molecule has 2 N–H and O–H groups in total. The van der Waals surface area contributed by atoms with Gasteiger partial charge < -0.3 is 10.6 Å². The van der Waals surface area contributed by atoms with E-state index < -0.39 is 0 Å². The number of likely N-dealkylation sites (tertiary alicyclic amines) is 2. The highest BCUT2D eigenvalue weighted by atomic mass is 35.5. The van der Waals surface area contributed by atoms with Gasteiger partial charge in [0, 0.05) is 25.2 Å². The third-order valence-electron chi connectivity index (χ3n) is 3.46. The van der Waals surface area contributed by atoms with E-state index in [1.165, 1.54) is 38.9 Å². The number of hydrogen-bond donors (Lipinski definition) is 1. The van der Waals surface area contributed by atoms with Crippen LogP contribution in [-0.4, -0.2) is 55.1 Å².